The maximum absolute atomic E-state index is 12.0. The van der Waals surface area contributed by atoms with Gasteiger partial charge in [-0.2, -0.15) is 0 Å². The number of carbonyl (C=O) groups excluding carboxylic acids is 2. The van der Waals surface area contributed by atoms with Crippen LogP contribution in [0.4, 0.5) is 0 Å². The van der Waals surface area contributed by atoms with Crippen LogP contribution < -0.4 is 11.5 Å². The lowest BCUT2D eigenvalue weighted by Crippen LogP contribution is -2.48. The quantitative estimate of drug-likeness (QED) is 0.266. The Balaban J connectivity index is 4.90. The van der Waals surface area contributed by atoms with E-state index in [1.807, 2.05) is 6.08 Å². The molecule has 6 nitrogen and oxygen atoms in total. The van der Waals surface area contributed by atoms with Gasteiger partial charge < -0.3 is 21.7 Å². The zero-order valence-electron chi connectivity index (χ0n) is 14.9. The van der Waals surface area contributed by atoms with E-state index in [1.165, 1.54) is 25.7 Å². The number of unbranched alkanes of at least 4 members (excludes halogenated alkanes) is 6. The number of hydrogen-bond acceptors (Lipinski definition) is 4. The molecular formula is C18H34N2O4. The number of nitrogens with two attached hydrogens (primary N) is 2. The molecule has 0 aromatic carbocycles. The highest BCUT2D eigenvalue weighted by molar-refractivity contribution is 5.90. The fourth-order valence-electron chi connectivity index (χ4n) is 3.05. The van der Waals surface area contributed by atoms with Gasteiger partial charge in [-0.25, -0.2) is 0 Å². The monoisotopic (exact) mass is 342 g/mol. The normalized spacial score (nSPS) is 15.3. The number of amides is 2. The highest BCUT2D eigenvalue weighted by Gasteiger charge is 2.44. The first kappa shape index (κ1) is 22.6. The third-order valence-electron chi connectivity index (χ3n) is 4.51. The summed E-state index contributed by atoms with van der Waals surface area (Å²) < 4.78 is 0. The van der Waals surface area contributed by atoms with E-state index in [0.717, 1.165) is 19.3 Å². The number of aliphatic hydroxyl groups excluding tert-OH is 2. The third kappa shape index (κ3) is 7.45. The van der Waals surface area contributed by atoms with E-state index >= 15 is 0 Å². The number of primary amides is 2. The molecule has 140 valence electrons. The first-order valence-corrected chi connectivity index (χ1v) is 8.94. The van der Waals surface area contributed by atoms with Crippen LogP contribution >= 0.6 is 0 Å². The van der Waals surface area contributed by atoms with Crippen LogP contribution in [0.15, 0.2) is 12.2 Å². The van der Waals surface area contributed by atoms with Gasteiger partial charge in [0.25, 0.3) is 0 Å². The average Bonchev–Trinajstić information content (AvgIpc) is 2.53. The molecule has 0 aliphatic rings. The minimum Gasteiger partial charge on any atom is -0.396 e. The molecule has 0 saturated carbocycles. The van der Waals surface area contributed by atoms with E-state index in [4.69, 9.17) is 16.6 Å². The Labute approximate surface area is 145 Å². The molecule has 2 unspecified atom stereocenters. The van der Waals surface area contributed by atoms with Crippen molar-refractivity contribution in [3.05, 3.63) is 12.2 Å². The van der Waals surface area contributed by atoms with Gasteiger partial charge in [0, 0.05) is 13.2 Å². The van der Waals surface area contributed by atoms with Gasteiger partial charge in [-0.15, -0.1) is 0 Å². The Hall–Kier alpha value is -1.40. The molecule has 0 bridgehead atoms. The van der Waals surface area contributed by atoms with E-state index in [0.29, 0.717) is 0 Å². The van der Waals surface area contributed by atoms with Gasteiger partial charge in [0.15, 0.2) is 0 Å². The summed E-state index contributed by atoms with van der Waals surface area (Å²) in [7, 11) is 0. The van der Waals surface area contributed by atoms with Crippen LogP contribution in [0.5, 0.6) is 0 Å². The Kier molecular flexibility index (Phi) is 12.2. The van der Waals surface area contributed by atoms with Gasteiger partial charge >= 0.3 is 0 Å². The summed E-state index contributed by atoms with van der Waals surface area (Å²) in [6, 6.07) is 0. The molecule has 0 aromatic rings. The van der Waals surface area contributed by atoms with Gasteiger partial charge in [0.05, 0.1) is 11.3 Å². The summed E-state index contributed by atoms with van der Waals surface area (Å²) in [5, 5.41) is 18.5. The maximum Gasteiger partial charge on any atom is 0.228 e. The zero-order valence-corrected chi connectivity index (χ0v) is 14.9. The number of carbonyl (C=O) groups is 2. The molecule has 2 atom stereocenters. The molecule has 6 N–H and O–H groups in total. The van der Waals surface area contributed by atoms with E-state index in [9.17, 15) is 14.7 Å². The van der Waals surface area contributed by atoms with Crippen molar-refractivity contribution in [1.82, 2.24) is 0 Å². The standard InChI is InChI=1S/C18H34N2O4/c1-2-3-4-5-6-7-8-9-11-18(12-14-22,17(20)24)15(10-13-21)16(19)23/h9,11,15,21-22H,2-8,10,12-14H2,1H3,(H2,19,23)(H2,20,24). The molecule has 0 saturated heterocycles. The van der Waals surface area contributed by atoms with Gasteiger partial charge in [-0.05, 0) is 25.7 Å². The van der Waals surface area contributed by atoms with E-state index in [2.05, 4.69) is 6.92 Å². The number of hydrogen-bond donors (Lipinski definition) is 4. The molecular weight excluding hydrogens is 308 g/mol. The van der Waals surface area contributed by atoms with Gasteiger partial charge in [-0.1, -0.05) is 51.2 Å². The summed E-state index contributed by atoms with van der Waals surface area (Å²) in [4.78, 5) is 23.8. The summed E-state index contributed by atoms with van der Waals surface area (Å²) in [6.07, 6.45) is 11.3. The second kappa shape index (κ2) is 13.0. The predicted octanol–water partition coefficient (Wildman–Crippen LogP) is 1.63. The number of aliphatic hydroxyl groups is 2. The third-order valence-corrected chi connectivity index (χ3v) is 4.51. The van der Waals surface area contributed by atoms with E-state index in [1.54, 1.807) is 6.08 Å². The Morgan fingerprint density at radius 1 is 1.04 bits per heavy atom. The molecule has 24 heavy (non-hydrogen) atoms. The number of allylic oxidation sites excluding steroid dienone is 1. The lowest BCUT2D eigenvalue weighted by Gasteiger charge is -2.33. The molecule has 0 rings (SSSR count). The van der Waals surface area contributed by atoms with Crippen molar-refractivity contribution in [1.29, 1.82) is 0 Å². The van der Waals surface area contributed by atoms with E-state index < -0.39 is 23.1 Å². The first-order chi connectivity index (χ1) is 11.5. The predicted molar refractivity (Wildman–Crippen MR) is 94.9 cm³/mol. The topological polar surface area (TPSA) is 127 Å². The average molecular weight is 342 g/mol. The van der Waals surface area contributed by atoms with Gasteiger partial charge in [0.1, 0.15) is 0 Å². The summed E-state index contributed by atoms with van der Waals surface area (Å²) >= 11 is 0. The molecule has 0 spiro atoms. The van der Waals surface area contributed by atoms with Crippen LogP contribution in [-0.2, 0) is 9.59 Å². The summed E-state index contributed by atoms with van der Waals surface area (Å²) in [5.74, 6) is -2.32. The SMILES string of the molecule is CCCCCCCCC=CC(CCO)(C(N)=O)C(CCO)C(N)=O. The zero-order chi connectivity index (χ0) is 18.4. The summed E-state index contributed by atoms with van der Waals surface area (Å²) in [6.45, 7) is 1.60. The Morgan fingerprint density at radius 3 is 2.17 bits per heavy atom. The van der Waals surface area contributed by atoms with Crippen LogP contribution in [0.2, 0.25) is 0 Å². The molecule has 0 heterocycles. The molecule has 0 aromatic heterocycles. The molecule has 0 radical (unpaired) electrons. The van der Waals surface area contributed by atoms with Crippen LogP contribution in [0.3, 0.4) is 0 Å². The van der Waals surface area contributed by atoms with Crippen molar-refractivity contribution in [3.63, 3.8) is 0 Å². The molecule has 2 amide bonds. The molecule has 6 heteroatoms. The minimum atomic E-state index is -1.34. The minimum absolute atomic E-state index is 0.0168. The van der Waals surface area contributed by atoms with Crippen molar-refractivity contribution in [3.8, 4) is 0 Å². The highest BCUT2D eigenvalue weighted by Crippen LogP contribution is 2.36. The lowest BCUT2D eigenvalue weighted by molar-refractivity contribution is -0.137. The first-order valence-electron chi connectivity index (χ1n) is 8.94. The fraction of sp³-hybridized carbons (Fsp3) is 0.778. The second-order valence-electron chi connectivity index (χ2n) is 6.30. The molecule has 0 aliphatic heterocycles. The highest BCUT2D eigenvalue weighted by atomic mass is 16.3. The van der Waals surface area contributed by atoms with Crippen molar-refractivity contribution in [2.75, 3.05) is 13.2 Å². The molecule has 0 aliphatic carbocycles. The van der Waals surface area contributed by atoms with Crippen molar-refractivity contribution in [2.24, 2.45) is 22.8 Å². The van der Waals surface area contributed by atoms with Crippen molar-refractivity contribution >= 4 is 11.8 Å². The summed E-state index contributed by atoms with van der Waals surface area (Å²) in [5.41, 5.74) is 9.59. The largest absolute Gasteiger partial charge is 0.396 e. The van der Waals surface area contributed by atoms with E-state index in [-0.39, 0.29) is 26.1 Å². The Morgan fingerprint density at radius 2 is 1.67 bits per heavy atom. The smallest absolute Gasteiger partial charge is 0.228 e. The molecule has 0 fully saturated rings. The maximum atomic E-state index is 12.0. The van der Waals surface area contributed by atoms with Crippen LogP contribution in [0.1, 0.15) is 64.7 Å². The Bertz CT molecular complexity index is 398. The van der Waals surface area contributed by atoms with Crippen molar-refractivity contribution in [2.45, 2.75) is 64.7 Å². The van der Waals surface area contributed by atoms with Crippen LogP contribution in [0.25, 0.3) is 0 Å². The van der Waals surface area contributed by atoms with Crippen molar-refractivity contribution < 1.29 is 19.8 Å². The van der Waals surface area contributed by atoms with Crippen LogP contribution in [-0.4, -0.2) is 35.2 Å². The number of rotatable bonds is 15. The second-order valence-corrected chi connectivity index (χ2v) is 6.30. The van der Waals surface area contributed by atoms with Gasteiger partial charge in [0.2, 0.25) is 11.8 Å². The lowest BCUT2D eigenvalue weighted by atomic mass is 9.70. The van der Waals surface area contributed by atoms with Gasteiger partial charge in [-0.3, -0.25) is 9.59 Å². The van der Waals surface area contributed by atoms with Crippen LogP contribution in [0, 0.1) is 11.3 Å². The fourth-order valence-corrected chi connectivity index (χ4v) is 3.05.